The van der Waals surface area contributed by atoms with Crippen LogP contribution in [0.15, 0.2) is 6.07 Å². The van der Waals surface area contributed by atoms with Gasteiger partial charge >= 0.3 is 0 Å². The number of methoxy groups -OCH3 is 1. The summed E-state index contributed by atoms with van der Waals surface area (Å²) in [7, 11) is 1.64. The minimum atomic E-state index is 0.425. The molecular formula is C14H21NO2. The maximum atomic E-state index is 10.3. The molecule has 0 aromatic heterocycles. The van der Waals surface area contributed by atoms with Gasteiger partial charge in [-0.1, -0.05) is 0 Å². The van der Waals surface area contributed by atoms with E-state index in [1.165, 1.54) is 0 Å². The van der Waals surface area contributed by atoms with Crippen molar-refractivity contribution in [2.75, 3.05) is 20.2 Å². The van der Waals surface area contributed by atoms with Crippen LogP contribution in [0.4, 0.5) is 0 Å². The Morgan fingerprint density at radius 3 is 2.53 bits per heavy atom. The fourth-order valence-electron chi connectivity index (χ4n) is 2.73. The van der Waals surface area contributed by atoms with E-state index in [2.05, 4.69) is 12.2 Å². The van der Waals surface area contributed by atoms with Crippen molar-refractivity contribution >= 4 is 0 Å². The van der Waals surface area contributed by atoms with Crippen molar-refractivity contribution in [3.63, 3.8) is 0 Å². The zero-order valence-corrected chi connectivity index (χ0v) is 10.8. The topological polar surface area (TPSA) is 41.5 Å². The van der Waals surface area contributed by atoms with Gasteiger partial charge < -0.3 is 15.2 Å². The molecular weight excluding hydrogens is 214 g/mol. The first-order valence-electron chi connectivity index (χ1n) is 6.23. The third-order valence-corrected chi connectivity index (χ3v) is 3.72. The van der Waals surface area contributed by atoms with E-state index in [1.807, 2.05) is 13.0 Å². The van der Waals surface area contributed by atoms with Crippen molar-refractivity contribution in [3.05, 3.63) is 22.8 Å². The van der Waals surface area contributed by atoms with Crippen molar-refractivity contribution < 1.29 is 9.84 Å². The summed E-state index contributed by atoms with van der Waals surface area (Å²) in [4.78, 5) is 0. The van der Waals surface area contributed by atoms with Crippen LogP contribution in [0.5, 0.6) is 11.5 Å². The molecule has 0 atom stereocenters. The summed E-state index contributed by atoms with van der Waals surface area (Å²) in [6, 6.07) is 2.03. The number of rotatable bonds is 2. The van der Waals surface area contributed by atoms with E-state index in [0.717, 1.165) is 48.4 Å². The Morgan fingerprint density at radius 2 is 1.94 bits per heavy atom. The molecule has 0 bridgehead atoms. The van der Waals surface area contributed by atoms with Crippen molar-refractivity contribution in [3.8, 4) is 11.5 Å². The van der Waals surface area contributed by atoms with Crippen LogP contribution in [0.2, 0.25) is 0 Å². The van der Waals surface area contributed by atoms with Crippen LogP contribution in [0.3, 0.4) is 0 Å². The predicted molar refractivity (Wildman–Crippen MR) is 69.0 cm³/mol. The molecule has 0 unspecified atom stereocenters. The number of aromatic hydroxyl groups is 1. The molecule has 1 fully saturated rings. The van der Waals surface area contributed by atoms with Crippen LogP contribution in [-0.2, 0) is 0 Å². The van der Waals surface area contributed by atoms with Gasteiger partial charge in [-0.25, -0.2) is 0 Å². The fraction of sp³-hybridized carbons (Fsp3) is 0.571. The molecule has 1 aromatic rings. The van der Waals surface area contributed by atoms with Crippen molar-refractivity contribution in [1.82, 2.24) is 5.32 Å². The summed E-state index contributed by atoms with van der Waals surface area (Å²) in [5.41, 5.74) is 3.10. The Morgan fingerprint density at radius 1 is 1.29 bits per heavy atom. The van der Waals surface area contributed by atoms with Gasteiger partial charge in [-0.15, -0.1) is 0 Å². The normalized spacial score (nSPS) is 17.1. The quantitative estimate of drug-likeness (QED) is 0.827. The van der Waals surface area contributed by atoms with E-state index in [0.29, 0.717) is 11.7 Å². The molecule has 1 aromatic carbocycles. The molecule has 2 N–H and O–H groups in total. The Hall–Kier alpha value is -1.22. The molecule has 3 heteroatoms. The predicted octanol–water partition coefficient (Wildman–Crippen LogP) is 2.48. The Bertz CT molecular complexity index is 409. The zero-order chi connectivity index (χ0) is 12.4. The number of hydrogen-bond acceptors (Lipinski definition) is 3. The summed E-state index contributed by atoms with van der Waals surface area (Å²) in [6.45, 7) is 6.04. The lowest BCUT2D eigenvalue weighted by Crippen LogP contribution is -2.27. The molecule has 0 radical (unpaired) electrons. The molecule has 2 rings (SSSR count). The minimum Gasteiger partial charge on any atom is -0.507 e. The number of hydrogen-bond donors (Lipinski definition) is 2. The third-order valence-electron chi connectivity index (χ3n) is 3.72. The van der Waals surface area contributed by atoms with Gasteiger partial charge in [0.25, 0.3) is 0 Å². The number of aryl methyl sites for hydroxylation is 1. The lowest BCUT2D eigenvalue weighted by atomic mass is 9.85. The van der Waals surface area contributed by atoms with E-state index in [-0.39, 0.29) is 0 Å². The lowest BCUT2D eigenvalue weighted by molar-refractivity contribution is 0.392. The van der Waals surface area contributed by atoms with E-state index >= 15 is 0 Å². The number of benzene rings is 1. The summed E-state index contributed by atoms with van der Waals surface area (Å²) >= 11 is 0. The van der Waals surface area contributed by atoms with E-state index < -0.39 is 0 Å². The van der Waals surface area contributed by atoms with Crippen molar-refractivity contribution in [2.45, 2.75) is 32.6 Å². The molecule has 0 amide bonds. The Balaban J connectivity index is 2.42. The summed E-state index contributed by atoms with van der Waals surface area (Å²) in [5, 5.41) is 13.7. The minimum absolute atomic E-state index is 0.425. The molecule has 1 aliphatic heterocycles. The monoisotopic (exact) mass is 235 g/mol. The maximum Gasteiger partial charge on any atom is 0.125 e. The van der Waals surface area contributed by atoms with Gasteiger partial charge in [0, 0.05) is 11.1 Å². The summed E-state index contributed by atoms with van der Waals surface area (Å²) in [5.74, 6) is 1.67. The van der Waals surface area contributed by atoms with Crippen LogP contribution < -0.4 is 10.1 Å². The molecule has 1 saturated heterocycles. The van der Waals surface area contributed by atoms with Crippen LogP contribution in [-0.4, -0.2) is 25.3 Å². The van der Waals surface area contributed by atoms with E-state index in [1.54, 1.807) is 7.11 Å². The number of phenols is 1. The zero-order valence-electron chi connectivity index (χ0n) is 10.8. The van der Waals surface area contributed by atoms with Crippen LogP contribution in [0.25, 0.3) is 0 Å². The Kier molecular flexibility index (Phi) is 3.57. The number of nitrogens with one attached hydrogen (secondary N) is 1. The standard InChI is InChI=1S/C14H21NO2/c1-9-8-12(17-3)10(2)14(16)13(9)11-4-6-15-7-5-11/h8,11,15-16H,4-7H2,1-3H3. The van der Waals surface area contributed by atoms with Gasteiger partial charge in [0.2, 0.25) is 0 Å². The highest BCUT2D eigenvalue weighted by atomic mass is 16.5. The van der Waals surface area contributed by atoms with Gasteiger partial charge in [-0.05, 0) is 57.3 Å². The van der Waals surface area contributed by atoms with Crippen LogP contribution in [0, 0.1) is 13.8 Å². The third kappa shape index (κ3) is 2.25. The molecule has 3 nitrogen and oxygen atoms in total. The second-order valence-electron chi connectivity index (χ2n) is 4.81. The molecule has 94 valence electrons. The average Bonchev–Trinajstić information content (AvgIpc) is 2.35. The average molecular weight is 235 g/mol. The van der Waals surface area contributed by atoms with Gasteiger partial charge in [0.1, 0.15) is 11.5 Å². The van der Waals surface area contributed by atoms with Gasteiger partial charge in [-0.2, -0.15) is 0 Å². The fourth-order valence-corrected chi connectivity index (χ4v) is 2.73. The van der Waals surface area contributed by atoms with Gasteiger partial charge in [0.15, 0.2) is 0 Å². The summed E-state index contributed by atoms with van der Waals surface area (Å²) in [6.07, 6.45) is 2.19. The first kappa shape index (κ1) is 12.2. The highest BCUT2D eigenvalue weighted by Gasteiger charge is 2.22. The largest absolute Gasteiger partial charge is 0.507 e. The molecule has 0 saturated carbocycles. The second-order valence-corrected chi connectivity index (χ2v) is 4.81. The summed E-state index contributed by atoms with van der Waals surface area (Å²) < 4.78 is 5.28. The highest BCUT2D eigenvalue weighted by molar-refractivity contribution is 5.53. The maximum absolute atomic E-state index is 10.3. The van der Waals surface area contributed by atoms with E-state index in [4.69, 9.17) is 4.74 Å². The number of piperidine rings is 1. The van der Waals surface area contributed by atoms with Gasteiger partial charge in [0.05, 0.1) is 7.11 Å². The second kappa shape index (κ2) is 4.96. The van der Waals surface area contributed by atoms with Crippen LogP contribution in [0.1, 0.15) is 35.4 Å². The molecule has 0 aliphatic carbocycles. The first-order valence-corrected chi connectivity index (χ1v) is 6.23. The first-order chi connectivity index (χ1) is 8.15. The molecule has 1 heterocycles. The van der Waals surface area contributed by atoms with Crippen molar-refractivity contribution in [2.24, 2.45) is 0 Å². The molecule has 17 heavy (non-hydrogen) atoms. The molecule has 0 spiro atoms. The van der Waals surface area contributed by atoms with E-state index in [9.17, 15) is 5.11 Å². The lowest BCUT2D eigenvalue weighted by Gasteiger charge is -2.26. The number of phenolic OH excluding ortho intramolecular Hbond substituents is 1. The Labute approximate surface area is 103 Å². The number of ether oxygens (including phenoxy) is 1. The van der Waals surface area contributed by atoms with Gasteiger partial charge in [-0.3, -0.25) is 0 Å². The highest BCUT2D eigenvalue weighted by Crippen LogP contribution is 2.40. The molecule has 1 aliphatic rings. The smallest absolute Gasteiger partial charge is 0.125 e. The van der Waals surface area contributed by atoms with Crippen molar-refractivity contribution in [1.29, 1.82) is 0 Å². The van der Waals surface area contributed by atoms with Crippen LogP contribution >= 0.6 is 0 Å². The SMILES string of the molecule is COc1cc(C)c(C2CCNCC2)c(O)c1C.